The summed E-state index contributed by atoms with van der Waals surface area (Å²) in [6.45, 7) is 4.56. The number of hydrogen-bond donors (Lipinski definition) is 2. The zero-order valence-electron chi connectivity index (χ0n) is 12.0. The number of piperidine rings is 1. The Morgan fingerprint density at radius 3 is 2.90 bits per heavy atom. The van der Waals surface area contributed by atoms with Gasteiger partial charge in [0.2, 0.25) is 0 Å². The number of rotatable bonds is 4. The first-order valence-electron chi connectivity index (χ1n) is 6.80. The Hall–Kier alpha value is -1.10. The third kappa shape index (κ3) is 4.20. The second-order valence-corrected chi connectivity index (χ2v) is 5.14. The maximum Gasteiger partial charge on any atom is 0.251 e. The lowest BCUT2D eigenvalue weighted by molar-refractivity contribution is 0.0909. The van der Waals surface area contributed by atoms with Crippen LogP contribution in [0.25, 0.3) is 0 Å². The quantitative estimate of drug-likeness (QED) is 0.894. The van der Waals surface area contributed by atoms with Crippen LogP contribution in [0, 0.1) is 5.92 Å². The van der Waals surface area contributed by atoms with Crippen molar-refractivity contribution in [1.82, 2.24) is 10.6 Å². The summed E-state index contributed by atoms with van der Waals surface area (Å²) in [5, 5.41) is 6.49. The van der Waals surface area contributed by atoms with E-state index in [1.807, 2.05) is 24.3 Å². The standard InChI is InChI=1S/C15H22N2O2.ClH/c1-11-9-16-8-7-14(11)17-15(18)13-6-4-3-5-12(13)10-19-2;/h3-6,11,14,16H,7-10H2,1-2H3,(H,17,18);1H. The summed E-state index contributed by atoms with van der Waals surface area (Å²) in [5.74, 6) is 0.471. The number of methoxy groups -OCH3 is 1. The van der Waals surface area contributed by atoms with Gasteiger partial charge in [-0.1, -0.05) is 25.1 Å². The molecule has 2 rings (SSSR count). The lowest BCUT2D eigenvalue weighted by atomic mass is 9.94. The molecule has 4 nitrogen and oxygen atoms in total. The van der Waals surface area contributed by atoms with Crippen molar-refractivity contribution in [3.8, 4) is 0 Å². The van der Waals surface area contributed by atoms with E-state index in [-0.39, 0.29) is 24.4 Å². The zero-order chi connectivity index (χ0) is 13.7. The maximum absolute atomic E-state index is 12.4. The predicted molar refractivity (Wildman–Crippen MR) is 82.3 cm³/mol. The molecule has 1 aromatic carbocycles. The third-order valence-corrected chi connectivity index (χ3v) is 3.66. The summed E-state index contributed by atoms with van der Waals surface area (Å²) in [4.78, 5) is 12.4. The van der Waals surface area contributed by atoms with Gasteiger partial charge in [-0.15, -0.1) is 12.4 Å². The number of carbonyl (C=O) groups excluding carboxylic acids is 1. The summed E-state index contributed by atoms with van der Waals surface area (Å²) in [6, 6.07) is 7.86. The molecule has 0 saturated carbocycles. The van der Waals surface area contributed by atoms with E-state index in [0.717, 1.165) is 30.6 Å². The van der Waals surface area contributed by atoms with Crippen molar-refractivity contribution < 1.29 is 9.53 Å². The van der Waals surface area contributed by atoms with Gasteiger partial charge in [-0.05, 0) is 37.1 Å². The number of nitrogens with one attached hydrogen (secondary N) is 2. The van der Waals surface area contributed by atoms with Crippen molar-refractivity contribution in [1.29, 1.82) is 0 Å². The summed E-state index contributed by atoms with van der Waals surface area (Å²) in [5.41, 5.74) is 1.65. The smallest absolute Gasteiger partial charge is 0.251 e. The number of halogens is 1. The topological polar surface area (TPSA) is 50.4 Å². The van der Waals surface area contributed by atoms with Crippen LogP contribution in [0.3, 0.4) is 0 Å². The Morgan fingerprint density at radius 2 is 2.20 bits per heavy atom. The molecular formula is C15H23ClN2O2. The van der Waals surface area contributed by atoms with E-state index in [2.05, 4.69) is 17.6 Å². The van der Waals surface area contributed by atoms with Gasteiger partial charge in [-0.2, -0.15) is 0 Å². The minimum Gasteiger partial charge on any atom is -0.380 e. The van der Waals surface area contributed by atoms with E-state index >= 15 is 0 Å². The number of carbonyl (C=O) groups is 1. The second kappa shape index (κ2) is 8.25. The zero-order valence-corrected chi connectivity index (χ0v) is 12.8. The fraction of sp³-hybridized carbons (Fsp3) is 0.533. The van der Waals surface area contributed by atoms with E-state index in [1.54, 1.807) is 7.11 Å². The second-order valence-electron chi connectivity index (χ2n) is 5.14. The van der Waals surface area contributed by atoms with Crippen LogP contribution < -0.4 is 10.6 Å². The highest BCUT2D eigenvalue weighted by atomic mass is 35.5. The Labute approximate surface area is 126 Å². The number of benzene rings is 1. The van der Waals surface area contributed by atoms with Crippen LogP contribution in [0.15, 0.2) is 24.3 Å². The molecule has 1 aliphatic rings. The molecule has 0 radical (unpaired) electrons. The molecule has 2 atom stereocenters. The molecule has 1 aliphatic heterocycles. The Kier molecular flexibility index (Phi) is 6.99. The van der Waals surface area contributed by atoms with Crippen molar-refractivity contribution in [2.75, 3.05) is 20.2 Å². The molecule has 112 valence electrons. The van der Waals surface area contributed by atoms with Gasteiger partial charge in [-0.3, -0.25) is 4.79 Å². The molecule has 1 heterocycles. The van der Waals surface area contributed by atoms with Gasteiger partial charge in [0, 0.05) is 18.7 Å². The van der Waals surface area contributed by atoms with Crippen molar-refractivity contribution in [2.24, 2.45) is 5.92 Å². The molecule has 0 aliphatic carbocycles. The van der Waals surface area contributed by atoms with Gasteiger partial charge in [0.1, 0.15) is 0 Å². The van der Waals surface area contributed by atoms with Crippen LogP contribution in [0.1, 0.15) is 29.3 Å². The minimum absolute atomic E-state index is 0. The monoisotopic (exact) mass is 298 g/mol. The summed E-state index contributed by atoms with van der Waals surface area (Å²) in [6.07, 6.45) is 0.985. The van der Waals surface area contributed by atoms with Crippen LogP contribution in [0.2, 0.25) is 0 Å². The first kappa shape index (κ1) is 17.0. The van der Waals surface area contributed by atoms with E-state index < -0.39 is 0 Å². The fourth-order valence-electron chi connectivity index (χ4n) is 2.50. The molecule has 0 spiro atoms. The largest absolute Gasteiger partial charge is 0.380 e. The SMILES string of the molecule is COCc1ccccc1C(=O)NC1CCNCC1C.Cl. The molecule has 0 aromatic heterocycles. The molecule has 1 fully saturated rings. The lowest BCUT2D eigenvalue weighted by Gasteiger charge is -2.30. The van der Waals surface area contributed by atoms with Crippen molar-refractivity contribution in [3.63, 3.8) is 0 Å². The first-order valence-corrected chi connectivity index (χ1v) is 6.80. The number of amides is 1. The minimum atomic E-state index is 0. The Bertz CT molecular complexity index is 440. The van der Waals surface area contributed by atoms with Gasteiger partial charge >= 0.3 is 0 Å². The molecule has 2 N–H and O–H groups in total. The molecule has 1 aromatic rings. The van der Waals surface area contributed by atoms with E-state index in [0.29, 0.717) is 12.5 Å². The molecule has 0 bridgehead atoms. The molecule has 1 saturated heterocycles. The van der Waals surface area contributed by atoms with Crippen molar-refractivity contribution >= 4 is 18.3 Å². The van der Waals surface area contributed by atoms with Crippen LogP contribution in [0.4, 0.5) is 0 Å². The lowest BCUT2D eigenvalue weighted by Crippen LogP contribution is -2.48. The van der Waals surface area contributed by atoms with Gasteiger partial charge in [-0.25, -0.2) is 0 Å². The molecule has 1 amide bonds. The average Bonchev–Trinajstić information content (AvgIpc) is 2.42. The maximum atomic E-state index is 12.4. The van der Waals surface area contributed by atoms with Crippen molar-refractivity contribution in [3.05, 3.63) is 35.4 Å². The fourth-order valence-corrected chi connectivity index (χ4v) is 2.50. The summed E-state index contributed by atoms with van der Waals surface area (Å²) in [7, 11) is 1.64. The molecule has 5 heteroatoms. The van der Waals surface area contributed by atoms with E-state index in [9.17, 15) is 4.79 Å². The average molecular weight is 299 g/mol. The van der Waals surface area contributed by atoms with Gasteiger partial charge < -0.3 is 15.4 Å². The Morgan fingerprint density at radius 1 is 1.45 bits per heavy atom. The van der Waals surface area contributed by atoms with E-state index in [1.165, 1.54) is 0 Å². The summed E-state index contributed by atoms with van der Waals surface area (Å²) < 4.78 is 5.14. The Balaban J connectivity index is 0.00000200. The summed E-state index contributed by atoms with van der Waals surface area (Å²) >= 11 is 0. The molecule has 2 unspecified atom stereocenters. The highest BCUT2D eigenvalue weighted by molar-refractivity contribution is 5.95. The molecular weight excluding hydrogens is 276 g/mol. The van der Waals surface area contributed by atoms with Gasteiger partial charge in [0.15, 0.2) is 0 Å². The highest BCUT2D eigenvalue weighted by Gasteiger charge is 2.23. The third-order valence-electron chi connectivity index (χ3n) is 3.66. The van der Waals surface area contributed by atoms with Gasteiger partial charge in [0.25, 0.3) is 5.91 Å². The number of hydrogen-bond acceptors (Lipinski definition) is 3. The van der Waals surface area contributed by atoms with E-state index in [4.69, 9.17) is 4.74 Å². The van der Waals surface area contributed by atoms with Crippen LogP contribution in [0.5, 0.6) is 0 Å². The molecule has 20 heavy (non-hydrogen) atoms. The van der Waals surface area contributed by atoms with Crippen LogP contribution >= 0.6 is 12.4 Å². The predicted octanol–water partition coefficient (Wildman–Crippen LogP) is 1.98. The van der Waals surface area contributed by atoms with Crippen LogP contribution in [-0.4, -0.2) is 32.1 Å². The van der Waals surface area contributed by atoms with Crippen molar-refractivity contribution in [2.45, 2.75) is 26.0 Å². The van der Waals surface area contributed by atoms with Crippen LogP contribution in [-0.2, 0) is 11.3 Å². The first-order chi connectivity index (χ1) is 9.22. The number of ether oxygens (including phenoxy) is 1. The van der Waals surface area contributed by atoms with Gasteiger partial charge in [0.05, 0.1) is 6.61 Å². The normalized spacial score (nSPS) is 21.9. The highest BCUT2D eigenvalue weighted by Crippen LogP contribution is 2.14.